The molecule has 0 aromatic carbocycles. The van der Waals surface area contributed by atoms with Crippen molar-refractivity contribution in [3.8, 4) is 0 Å². The van der Waals surface area contributed by atoms with Crippen molar-refractivity contribution in [1.82, 2.24) is 9.88 Å². The quantitative estimate of drug-likeness (QED) is 0.740. The van der Waals surface area contributed by atoms with E-state index in [4.69, 9.17) is 4.74 Å². The van der Waals surface area contributed by atoms with Gasteiger partial charge in [0, 0.05) is 45.5 Å². The van der Waals surface area contributed by atoms with E-state index in [1.54, 1.807) is 0 Å². The average Bonchev–Trinajstić information content (AvgIpc) is 2.40. The normalized spacial score (nSPS) is 17.1. The van der Waals surface area contributed by atoms with Crippen LogP contribution in [0.1, 0.15) is 12.5 Å². The van der Waals surface area contributed by atoms with Gasteiger partial charge in [0.25, 0.3) is 0 Å². The molecule has 0 spiro atoms. The highest BCUT2D eigenvalue weighted by Crippen LogP contribution is 2.16. The van der Waals surface area contributed by atoms with Gasteiger partial charge in [0.1, 0.15) is 0 Å². The fourth-order valence-electron chi connectivity index (χ4n) is 2.28. The van der Waals surface area contributed by atoms with Crippen LogP contribution >= 0.6 is 0 Å². The van der Waals surface area contributed by atoms with Gasteiger partial charge in [0.05, 0.1) is 18.5 Å². The number of aryl methyl sites for hydroxylation is 1. The zero-order valence-corrected chi connectivity index (χ0v) is 11.4. The lowest BCUT2D eigenvalue weighted by Crippen LogP contribution is -2.47. The third-order valence-corrected chi connectivity index (χ3v) is 3.35. The molecule has 0 unspecified atom stereocenters. The summed E-state index contributed by atoms with van der Waals surface area (Å²) in [4.78, 5) is 9.15. The van der Waals surface area contributed by atoms with Crippen LogP contribution < -0.4 is 4.90 Å². The van der Waals surface area contributed by atoms with Gasteiger partial charge in [-0.1, -0.05) is 0 Å². The van der Waals surface area contributed by atoms with Crippen LogP contribution in [0.15, 0.2) is 18.5 Å². The van der Waals surface area contributed by atoms with Crippen LogP contribution in [0.3, 0.4) is 0 Å². The first-order valence-electron chi connectivity index (χ1n) is 6.76. The van der Waals surface area contributed by atoms with Gasteiger partial charge in [0.2, 0.25) is 0 Å². The lowest BCUT2D eigenvalue weighted by Gasteiger charge is -2.35. The summed E-state index contributed by atoms with van der Waals surface area (Å²) in [6.45, 7) is 11.2. The molecule has 1 saturated heterocycles. The molecule has 1 aromatic rings. The minimum absolute atomic E-state index is 0.814. The van der Waals surface area contributed by atoms with E-state index in [9.17, 15) is 0 Å². The Morgan fingerprint density at radius 1 is 1.22 bits per heavy atom. The Morgan fingerprint density at radius 3 is 2.67 bits per heavy atom. The van der Waals surface area contributed by atoms with Crippen molar-refractivity contribution in [2.45, 2.75) is 13.8 Å². The van der Waals surface area contributed by atoms with Crippen molar-refractivity contribution in [3.63, 3.8) is 0 Å². The van der Waals surface area contributed by atoms with Crippen LogP contribution in [0.2, 0.25) is 0 Å². The number of anilines is 1. The Labute approximate surface area is 110 Å². The number of nitrogens with zero attached hydrogens (tertiary/aromatic N) is 3. The van der Waals surface area contributed by atoms with Gasteiger partial charge < -0.3 is 9.64 Å². The standard InChI is InChI=1S/C14H23N3O/c1-3-18-9-8-16-4-6-17(7-5-16)14-10-13(2)11-15-12-14/h10-12H,3-9H2,1-2H3. The number of aromatic nitrogens is 1. The summed E-state index contributed by atoms with van der Waals surface area (Å²) in [5.74, 6) is 0. The second-order valence-electron chi connectivity index (χ2n) is 4.75. The molecule has 100 valence electrons. The summed E-state index contributed by atoms with van der Waals surface area (Å²) < 4.78 is 5.40. The van der Waals surface area contributed by atoms with Gasteiger partial charge in [-0.2, -0.15) is 0 Å². The number of pyridine rings is 1. The smallest absolute Gasteiger partial charge is 0.0593 e. The molecule has 2 rings (SSSR count). The second-order valence-corrected chi connectivity index (χ2v) is 4.75. The monoisotopic (exact) mass is 249 g/mol. The van der Waals surface area contributed by atoms with E-state index in [1.165, 1.54) is 11.3 Å². The molecule has 2 heterocycles. The number of rotatable bonds is 5. The molecule has 0 N–H and O–H groups in total. The zero-order valence-electron chi connectivity index (χ0n) is 11.4. The molecule has 1 fully saturated rings. The first kappa shape index (κ1) is 13.3. The van der Waals surface area contributed by atoms with E-state index in [1.807, 2.05) is 19.3 Å². The fourth-order valence-corrected chi connectivity index (χ4v) is 2.28. The zero-order chi connectivity index (χ0) is 12.8. The minimum Gasteiger partial charge on any atom is -0.380 e. The Bertz CT molecular complexity index is 362. The molecule has 0 amide bonds. The van der Waals surface area contributed by atoms with Crippen molar-refractivity contribution in [3.05, 3.63) is 24.0 Å². The molecule has 4 nitrogen and oxygen atoms in total. The first-order chi connectivity index (χ1) is 8.79. The highest BCUT2D eigenvalue weighted by atomic mass is 16.5. The summed E-state index contributed by atoms with van der Waals surface area (Å²) in [6.07, 6.45) is 3.87. The predicted octanol–water partition coefficient (Wildman–Crippen LogP) is 1.55. The molecule has 4 heteroatoms. The molecule has 0 atom stereocenters. The molecule has 1 aliphatic rings. The predicted molar refractivity (Wildman–Crippen MR) is 74.1 cm³/mol. The van der Waals surface area contributed by atoms with Gasteiger partial charge in [-0.15, -0.1) is 0 Å². The van der Waals surface area contributed by atoms with E-state index < -0.39 is 0 Å². The molecule has 0 bridgehead atoms. The van der Waals surface area contributed by atoms with E-state index in [0.29, 0.717) is 0 Å². The summed E-state index contributed by atoms with van der Waals surface area (Å²) >= 11 is 0. The van der Waals surface area contributed by atoms with E-state index >= 15 is 0 Å². The van der Waals surface area contributed by atoms with Gasteiger partial charge in [-0.3, -0.25) is 9.88 Å². The highest BCUT2D eigenvalue weighted by Gasteiger charge is 2.16. The Hall–Kier alpha value is -1.13. The van der Waals surface area contributed by atoms with Gasteiger partial charge in [-0.05, 0) is 25.5 Å². The van der Waals surface area contributed by atoms with Crippen LogP contribution in [0.25, 0.3) is 0 Å². The van der Waals surface area contributed by atoms with E-state index in [-0.39, 0.29) is 0 Å². The van der Waals surface area contributed by atoms with Crippen LogP contribution in [-0.2, 0) is 4.74 Å². The molecule has 0 saturated carbocycles. The molecule has 1 aliphatic heterocycles. The van der Waals surface area contributed by atoms with Crippen molar-refractivity contribution in [2.24, 2.45) is 0 Å². The first-order valence-corrected chi connectivity index (χ1v) is 6.76. The van der Waals surface area contributed by atoms with Crippen molar-refractivity contribution in [2.75, 3.05) is 50.8 Å². The van der Waals surface area contributed by atoms with Gasteiger partial charge >= 0.3 is 0 Å². The van der Waals surface area contributed by atoms with Crippen LogP contribution in [0, 0.1) is 6.92 Å². The maximum absolute atomic E-state index is 5.40. The molecular formula is C14H23N3O. The second kappa shape index (κ2) is 6.71. The van der Waals surface area contributed by atoms with Gasteiger partial charge in [-0.25, -0.2) is 0 Å². The summed E-state index contributed by atoms with van der Waals surface area (Å²) in [5, 5.41) is 0. The van der Waals surface area contributed by atoms with Gasteiger partial charge in [0.15, 0.2) is 0 Å². The molecular weight excluding hydrogens is 226 g/mol. The fraction of sp³-hybridized carbons (Fsp3) is 0.643. The number of hydrogen-bond acceptors (Lipinski definition) is 4. The van der Waals surface area contributed by atoms with Crippen LogP contribution in [0.4, 0.5) is 5.69 Å². The third-order valence-electron chi connectivity index (χ3n) is 3.35. The molecule has 1 aromatic heterocycles. The van der Waals surface area contributed by atoms with E-state index in [2.05, 4.69) is 27.8 Å². The lowest BCUT2D eigenvalue weighted by molar-refractivity contribution is 0.111. The third kappa shape index (κ3) is 3.68. The van der Waals surface area contributed by atoms with Crippen molar-refractivity contribution in [1.29, 1.82) is 0 Å². The summed E-state index contributed by atoms with van der Waals surface area (Å²) in [5.41, 5.74) is 2.48. The maximum atomic E-state index is 5.40. The number of hydrogen-bond donors (Lipinski definition) is 0. The van der Waals surface area contributed by atoms with Crippen LogP contribution in [-0.4, -0.2) is 55.8 Å². The highest BCUT2D eigenvalue weighted by molar-refractivity contribution is 5.46. The number of piperazine rings is 1. The largest absolute Gasteiger partial charge is 0.380 e. The Kier molecular flexibility index (Phi) is 4.96. The summed E-state index contributed by atoms with van der Waals surface area (Å²) in [6, 6.07) is 2.21. The summed E-state index contributed by atoms with van der Waals surface area (Å²) in [7, 11) is 0. The van der Waals surface area contributed by atoms with Crippen molar-refractivity contribution < 1.29 is 4.74 Å². The molecule has 0 aliphatic carbocycles. The average molecular weight is 249 g/mol. The number of ether oxygens (including phenoxy) is 1. The van der Waals surface area contributed by atoms with E-state index in [0.717, 1.165) is 45.9 Å². The molecule has 18 heavy (non-hydrogen) atoms. The van der Waals surface area contributed by atoms with Crippen LogP contribution in [0.5, 0.6) is 0 Å². The Morgan fingerprint density at radius 2 is 2.00 bits per heavy atom. The molecule has 0 radical (unpaired) electrons. The minimum atomic E-state index is 0.814. The maximum Gasteiger partial charge on any atom is 0.0593 e. The Balaban J connectivity index is 1.79. The topological polar surface area (TPSA) is 28.6 Å². The lowest BCUT2D eigenvalue weighted by atomic mass is 10.2. The van der Waals surface area contributed by atoms with Crippen molar-refractivity contribution >= 4 is 5.69 Å². The SMILES string of the molecule is CCOCCN1CCN(c2cncc(C)c2)CC1.